The van der Waals surface area contributed by atoms with Crippen LogP contribution in [0.15, 0.2) is 6.07 Å². The molecule has 0 radical (unpaired) electrons. The fourth-order valence-corrected chi connectivity index (χ4v) is 1.59. The number of aromatic nitrogens is 1. The van der Waals surface area contributed by atoms with Gasteiger partial charge in [-0.15, -0.1) is 0 Å². The summed E-state index contributed by atoms with van der Waals surface area (Å²) in [5.41, 5.74) is 6.02. The molecule has 1 rings (SSSR count). The number of rotatable bonds is 3. The summed E-state index contributed by atoms with van der Waals surface area (Å²) in [7, 11) is 0. The third kappa shape index (κ3) is 2.63. The van der Waals surface area contributed by atoms with Crippen LogP contribution in [0.5, 0.6) is 0 Å². The monoisotopic (exact) mass is 275 g/mol. The Morgan fingerprint density at radius 2 is 2.20 bits per heavy atom. The van der Waals surface area contributed by atoms with Gasteiger partial charge < -0.3 is 5.73 Å². The highest BCUT2D eigenvalue weighted by Gasteiger charge is 2.16. The van der Waals surface area contributed by atoms with Crippen molar-refractivity contribution < 1.29 is 8.78 Å². The molecule has 0 unspecified atom stereocenters. The number of alkyl halides is 3. The Labute approximate surface area is 94.0 Å². The van der Waals surface area contributed by atoms with Gasteiger partial charge in [-0.05, 0) is 6.07 Å². The maximum Gasteiger partial charge on any atom is 0.265 e. The molecule has 2 N–H and O–H groups in total. The highest BCUT2D eigenvalue weighted by molar-refractivity contribution is 9.08. The molecule has 1 aromatic heterocycles. The summed E-state index contributed by atoms with van der Waals surface area (Å²) in [6.07, 6.45) is -2.58. The molecule has 0 atom stereocenters. The molecule has 1 heterocycles. The first kappa shape index (κ1) is 11.9. The zero-order valence-electron chi connectivity index (χ0n) is 7.67. The lowest BCUT2D eigenvalue weighted by Gasteiger charge is -2.09. The van der Waals surface area contributed by atoms with E-state index in [1.54, 1.807) is 0 Å². The molecule has 80 valence electrons. The molecule has 0 amide bonds. The van der Waals surface area contributed by atoms with Gasteiger partial charge in [-0.25, -0.2) is 8.78 Å². The SMILES string of the molecule is N#CCc1nc(CBr)c(C(F)F)cc1N. The van der Waals surface area contributed by atoms with Gasteiger partial charge in [0, 0.05) is 10.9 Å². The van der Waals surface area contributed by atoms with Crippen molar-refractivity contribution >= 4 is 21.6 Å². The summed E-state index contributed by atoms with van der Waals surface area (Å²) in [6.45, 7) is 0. The van der Waals surface area contributed by atoms with Crippen molar-refractivity contribution in [3.63, 3.8) is 0 Å². The summed E-state index contributed by atoms with van der Waals surface area (Å²) >= 11 is 3.07. The van der Waals surface area contributed by atoms with Gasteiger partial charge in [0.2, 0.25) is 0 Å². The van der Waals surface area contributed by atoms with E-state index in [-0.39, 0.29) is 28.7 Å². The van der Waals surface area contributed by atoms with Gasteiger partial charge in [-0.1, -0.05) is 15.9 Å². The van der Waals surface area contributed by atoms with Crippen LogP contribution in [0.25, 0.3) is 0 Å². The van der Waals surface area contributed by atoms with Gasteiger partial charge in [0.05, 0.1) is 29.6 Å². The van der Waals surface area contributed by atoms with Gasteiger partial charge in [0.25, 0.3) is 6.43 Å². The maximum absolute atomic E-state index is 12.5. The van der Waals surface area contributed by atoms with E-state index in [0.29, 0.717) is 5.69 Å². The predicted octanol–water partition coefficient (Wildman–Crippen LogP) is 2.56. The first-order chi connectivity index (χ1) is 7.10. The van der Waals surface area contributed by atoms with Crippen molar-refractivity contribution in [2.75, 3.05) is 5.73 Å². The molecule has 1 aromatic rings. The topological polar surface area (TPSA) is 62.7 Å². The number of pyridine rings is 1. The normalized spacial score (nSPS) is 10.3. The number of nitrogens with zero attached hydrogens (tertiary/aromatic N) is 2. The van der Waals surface area contributed by atoms with Crippen molar-refractivity contribution in [3.8, 4) is 6.07 Å². The summed E-state index contributed by atoms with van der Waals surface area (Å²) in [5, 5.41) is 8.69. The number of hydrogen-bond acceptors (Lipinski definition) is 3. The molecule has 3 nitrogen and oxygen atoms in total. The van der Waals surface area contributed by atoms with E-state index in [0.717, 1.165) is 0 Å². The average Bonchev–Trinajstić information content (AvgIpc) is 2.20. The molecule has 6 heteroatoms. The number of nitrogens with two attached hydrogens (primary N) is 1. The fraction of sp³-hybridized carbons (Fsp3) is 0.333. The van der Waals surface area contributed by atoms with Crippen molar-refractivity contribution in [2.24, 2.45) is 0 Å². The maximum atomic E-state index is 12.5. The van der Waals surface area contributed by atoms with Gasteiger partial charge in [-0.2, -0.15) is 5.26 Å². The fourth-order valence-electron chi connectivity index (χ4n) is 1.14. The number of anilines is 1. The third-order valence-electron chi connectivity index (χ3n) is 1.86. The van der Waals surface area contributed by atoms with Crippen LogP contribution in [0.3, 0.4) is 0 Å². The van der Waals surface area contributed by atoms with Crippen LogP contribution >= 0.6 is 15.9 Å². The highest BCUT2D eigenvalue weighted by Crippen LogP contribution is 2.26. The number of hydrogen-bond donors (Lipinski definition) is 1. The van der Waals surface area contributed by atoms with Crippen LogP contribution in [0, 0.1) is 11.3 Å². The smallest absolute Gasteiger partial charge is 0.265 e. The van der Waals surface area contributed by atoms with E-state index >= 15 is 0 Å². The summed E-state index contributed by atoms with van der Waals surface area (Å²) in [5.74, 6) is 0. The molecule has 0 saturated heterocycles. The first-order valence-corrected chi connectivity index (χ1v) is 5.21. The minimum absolute atomic E-state index is 0.0232. The van der Waals surface area contributed by atoms with Gasteiger partial charge >= 0.3 is 0 Å². The Morgan fingerprint density at radius 3 is 2.67 bits per heavy atom. The zero-order valence-corrected chi connectivity index (χ0v) is 9.26. The number of nitriles is 1. The predicted molar refractivity (Wildman–Crippen MR) is 55.6 cm³/mol. The van der Waals surface area contributed by atoms with Gasteiger partial charge in [0.15, 0.2) is 0 Å². The van der Waals surface area contributed by atoms with E-state index in [9.17, 15) is 8.78 Å². The molecule has 0 aliphatic heterocycles. The van der Waals surface area contributed by atoms with E-state index in [2.05, 4.69) is 20.9 Å². The Kier molecular flexibility index (Phi) is 3.97. The quantitative estimate of drug-likeness (QED) is 0.863. The van der Waals surface area contributed by atoms with Crippen LogP contribution < -0.4 is 5.73 Å². The lowest BCUT2D eigenvalue weighted by atomic mass is 10.1. The Balaban J connectivity index is 3.24. The standard InChI is InChI=1S/C9H8BrF2N3/c10-4-8-5(9(11)12)3-6(14)7(15-8)1-2-13/h3,9H,1,4,14H2. The number of nitrogen functional groups attached to an aromatic ring is 1. The minimum Gasteiger partial charge on any atom is -0.397 e. The molecule has 15 heavy (non-hydrogen) atoms. The van der Waals surface area contributed by atoms with Crippen LogP contribution in [0.4, 0.5) is 14.5 Å². The van der Waals surface area contributed by atoms with Crippen LogP contribution in [0.2, 0.25) is 0 Å². The molecule has 0 fully saturated rings. The summed E-state index contributed by atoms with van der Waals surface area (Å²) in [4.78, 5) is 3.93. The second-order valence-electron chi connectivity index (χ2n) is 2.83. The molecular formula is C9H8BrF2N3. The molecule has 0 saturated carbocycles. The molecule has 0 bridgehead atoms. The molecular weight excluding hydrogens is 268 g/mol. The molecule has 0 aliphatic carbocycles. The minimum atomic E-state index is -2.61. The van der Waals surface area contributed by atoms with E-state index in [1.165, 1.54) is 6.07 Å². The van der Waals surface area contributed by atoms with Crippen molar-refractivity contribution in [1.29, 1.82) is 5.26 Å². The third-order valence-corrected chi connectivity index (χ3v) is 2.39. The Bertz CT molecular complexity index is 401. The van der Waals surface area contributed by atoms with Crippen molar-refractivity contribution in [2.45, 2.75) is 18.2 Å². The lowest BCUT2D eigenvalue weighted by Crippen LogP contribution is -2.04. The zero-order chi connectivity index (χ0) is 11.4. The Hall–Kier alpha value is -1.22. The summed E-state index contributed by atoms with van der Waals surface area (Å²) < 4.78 is 25.1. The lowest BCUT2D eigenvalue weighted by molar-refractivity contribution is 0.150. The van der Waals surface area contributed by atoms with Crippen LogP contribution in [-0.2, 0) is 11.8 Å². The van der Waals surface area contributed by atoms with E-state index < -0.39 is 6.43 Å². The molecule has 0 aromatic carbocycles. The average molecular weight is 276 g/mol. The van der Waals surface area contributed by atoms with Crippen LogP contribution in [-0.4, -0.2) is 4.98 Å². The van der Waals surface area contributed by atoms with E-state index in [1.807, 2.05) is 6.07 Å². The van der Waals surface area contributed by atoms with Gasteiger partial charge in [0.1, 0.15) is 0 Å². The van der Waals surface area contributed by atoms with Crippen molar-refractivity contribution in [1.82, 2.24) is 4.98 Å². The van der Waals surface area contributed by atoms with E-state index in [4.69, 9.17) is 11.0 Å². The second kappa shape index (κ2) is 5.03. The number of halogens is 3. The Morgan fingerprint density at radius 1 is 1.53 bits per heavy atom. The molecule has 0 aliphatic rings. The van der Waals surface area contributed by atoms with Gasteiger partial charge in [-0.3, -0.25) is 4.98 Å². The molecule has 0 spiro atoms. The van der Waals surface area contributed by atoms with Crippen molar-refractivity contribution in [3.05, 3.63) is 23.0 Å². The second-order valence-corrected chi connectivity index (χ2v) is 3.39. The summed E-state index contributed by atoms with van der Waals surface area (Å²) in [6, 6.07) is 3.06. The van der Waals surface area contributed by atoms with Crippen LogP contribution in [0.1, 0.15) is 23.4 Å². The first-order valence-electron chi connectivity index (χ1n) is 4.09. The highest BCUT2D eigenvalue weighted by atomic mass is 79.9. The largest absolute Gasteiger partial charge is 0.397 e.